The van der Waals surface area contributed by atoms with Crippen LogP contribution in [-0.4, -0.2) is 9.56 Å². The molecule has 0 saturated carbocycles. The van der Waals surface area contributed by atoms with Gasteiger partial charge in [-0.1, -0.05) is 12.2 Å². The van der Waals surface area contributed by atoms with Crippen molar-refractivity contribution >= 4 is 44.5 Å². The first kappa shape index (κ1) is 10.9. The third-order valence-corrected chi connectivity index (χ3v) is 3.85. The van der Waals surface area contributed by atoms with Gasteiger partial charge in [0.2, 0.25) is 0 Å². The van der Waals surface area contributed by atoms with Gasteiger partial charge in [0.1, 0.15) is 4.99 Å². The number of thiocarbonyl (C=S) groups is 1. The normalized spacial score (nSPS) is 10.5. The van der Waals surface area contributed by atoms with Crippen LogP contribution < -0.4 is 5.73 Å². The highest BCUT2D eigenvalue weighted by atomic mass is 79.9. The third kappa shape index (κ3) is 2.48. The lowest BCUT2D eigenvalue weighted by atomic mass is 10.4. The Morgan fingerprint density at radius 3 is 2.87 bits per heavy atom. The Morgan fingerprint density at radius 2 is 2.27 bits per heavy atom. The molecule has 0 unspecified atom stereocenters. The summed E-state index contributed by atoms with van der Waals surface area (Å²) in [5, 5.41) is 0. The van der Waals surface area contributed by atoms with Crippen molar-refractivity contribution in [1.82, 2.24) is 4.57 Å². The van der Waals surface area contributed by atoms with Crippen molar-refractivity contribution in [3.8, 4) is 0 Å². The van der Waals surface area contributed by atoms with Gasteiger partial charge in [0, 0.05) is 11.1 Å². The molecule has 0 bridgehead atoms. The van der Waals surface area contributed by atoms with E-state index < -0.39 is 0 Å². The number of nitrogens with two attached hydrogens (primary N) is 1. The second kappa shape index (κ2) is 4.47. The molecule has 0 aromatic carbocycles. The highest BCUT2D eigenvalue weighted by Gasteiger charge is 2.05. The number of nitrogens with zero attached hydrogens (tertiary/aromatic N) is 1. The zero-order valence-corrected chi connectivity index (χ0v) is 11.0. The minimum atomic E-state index is 0.440. The molecule has 0 radical (unpaired) electrons. The zero-order chi connectivity index (χ0) is 10.8. The van der Waals surface area contributed by atoms with E-state index in [-0.39, 0.29) is 0 Å². The summed E-state index contributed by atoms with van der Waals surface area (Å²) in [4.78, 5) is 1.71. The van der Waals surface area contributed by atoms with E-state index in [0.717, 1.165) is 16.0 Å². The van der Waals surface area contributed by atoms with Gasteiger partial charge >= 0.3 is 0 Å². The van der Waals surface area contributed by atoms with Crippen LogP contribution in [0.4, 0.5) is 0 Å². The summed E-state index contributed by atoms with van der Waals surface area (Å²) in [6, 6.07) is 8.03. The van der Waals surface area contributed by atoms with E-state index in [1.54, 1.807) is 11.3 Å². The van der Waals surface area contributed by atoms with Gasteiger partial charge in [0.15, 0.2) is 0 Å². The molecule has 2 nitrogen and oxygen atoms in total. The van der Waals surface area contributed by atoms with Crippen LogP contribution in [0, 0.1) is 0 Å². The van der Waals surface area contributed by atoms with Gasteiger partial charge in [0.05, 0.1) is 16.0 Å². The summed E-state index contributed by atoms with van der Waals surface area (Å²) in [6.45, 7) is 0.815. The van der Waals surface area contributed by atoms with Crippen molar-refractivity contribution in [2.75, 3.05) is 0 Å². The highest BCUT2D eigenvalue weighted by molar-refractivity contribution is 9.11. The number of thiophene rings is 1. The first-order chi connectivity index (χ1) is 7.16. The van der Waals surface area contributed by atoms with Gasteiger partial charge in [-0.25, -0.2) is 0 Å². The summed E-state index contributed by atoms with van der Waals surface area (Å²) in [6.07, 6.45) is 1.99. The third-order valence-electron chi connectivity index (χ3n) is 2.04. The Morgan fingerprint density at radius 1 is 1.47 bits per heavy atom. The molecule has 0 spiro atoms. The molecule has 0 amide bonds. The summed E-state index contributed by atoms with van der Waals surface area (Å²) in [7, 11) is 0. The van der Waals surface area contributed by atoms with E-state index in [4.69, 9.17) is 18.0 Å². The van der Waals surface area contributed by atoms with Gasteiger partial charge < -0.3 is 10.3 Å². The number of halogens is 1. The summed E-state index contributed by atoms with van der Waals surface area (Å²) in [5.41, 5.74) is 6.53. The average Bonchev–Trinajstić information content (AvgIpc) is 2.75. The average molecular weight is 301 g/mol. The van der Waals surface area contributed by atoms with Gasteiger partial charge in [0.25, 0.3) is 0 Å². The van der Waals surface area contributed by atoms with Crippen molar-refractivity contribution < 1.29 is 0 Å². The van der Waals surface area contributed by atoms with Crippen molar-refractivity contribution in [2.45, 2.75) is 6.54 Å². The van der Waals surface area contributed by atoms with Crippen LogP contribution in [0.15, 0.2) is 34.2 Å². The van der Waals surface area contributed by atoms with Crippen molar-refractivity contribution in [3.05, 3.63) is 44.8 Å². The van der Waals surface area contributed by atoms with Crippen LogP contribution in [0.25, 0.3) is 0 Å². The molecule has 78 valence electrons. The molecule has 2 N–H and O–H groups in total. The van der Waals surface area contributed by atoms with Crippen LogP contribution in [0.3, 0.4) is 0 Å². The quantitative estimate of drug-likeness (QED) is 0.884. The summed E-state index contributed by atoms with van der Waals surface area (Å²) in [5.74, 6) is 0. The van der Waals surface area contributed by atoms with Crippen molar-refractivity contribution in [1.29, 1.82) is 0 Å². The second-order valence-corrected chi connectivity index (χ2v) is 6.08. The maximum Gasteiger partial charge on any atom is 0.120 e. The standard InChI is InChI=1S/C10H9BrN2S2/c11-9-4-3-7(15-9)6-13-5-1-2-8(13)10(12)14/h1-5H,6H2,(H2,12,14). The predicted molar refractivity (Wildman–Crippen MR) is 71.4 cm³/mol. The van der Waals surface area contributed by atoms with Crippen LogP contribution >= 0.6 is 39.5 Å². The minimum Gasteiger partial charge on any atom is -0.388 e. The van der Waals surface area contributed by atoms with Gasteiger partial charge in [-0.2, -0.15) is 0 Å². The molecule has 2 aromatic heterocycles. The minimum absolute atomic E-state index is 0.440. The molecule has 0 atom stereocenters. The van der Waals surface area contributed by atoms with Crippen LogP contribution in [0.2, 0.25) is 0 Å². The monoisotopic (exact) mass is 300 g/mol. The van der Waals surface area contributed by atoms with Crippen molar-refractivity contribution in [2.24, 2.45) is 5.73 Å². The lowest BCUT2D eigenvalue weighted by Crippen LogP contribution is -2.15. The fourth-order valence-corrected chi connectivity index (χ4v) is 3.05. The fourth-order valence-electron chi connectivity index (χ4n) is 1.38. The van der Waals surface area contributed by atoms with Crippen LogP contribution in [0.5, 0.6) is 0 Å². The molecule has 0 aliphatic carbocycles. The topological polar surface area (TPSA) is 30.9 Å². The predicted octanol–water partition coefficient (Wildman–Crippen LogP) is 2.99. The van der Waals surface area contributed by atoms with E-state index in [1.165, 1.54) is 4.88 Å². The Balaban J connectivity index is 2.24. The fraction of sp³-hybridized carbons (Fsp3) is 0.100. The molecule has 0 aliphatic heterocycles. The lowest BCUT2D eigenvalue weighted by molar-refractivity contribution is 0.811. The van der Waals surface area contributed by atoms with E-state index in [0.29, 0.717) is 4.99 Å². The summed E-state index contributed by atoms with van der Waals surface area (Å²) < 4.78 is 3.20. The maximum absolute atomic E-state index is 5.62. The van der Waals surface area contributed by atoms with E-state index in [1.807, 2.05) is 24.4 Å². The largest absolute Gasteiger partial charge is 0.388 e. The molecule has 15 heavy (non-hydrogen) atoms. The molecule has 0 saturated heterocycles. The summed E-state index contributed by atoms with van der Waals surface area (Å²) >= 11 is 10.1. The SMILES string of the molecule is NC(=S)c1cccn1Cc1ccc(Br)s1. The molecular formula is C10H9BrN2S2. The Bertz CT molecular complexity index is 487. The van der Waals surface area contributed by atoms with E-state index in [2.05, 4.69) is 26.6 Å². The molecule has 0 fully saturated rings. The molecule has 0 aliphatic rings. The van der Waals surface area contributed by atoms with E-state index in [9.17, 15) is 0 Å². The van der Waals surface area contributed by atoms with Gasteiger partial charge in [-0.05, 0) is 40.2 Å². The number of hydrogen-bond acceptors (Lipinski definition) is 2. The lowest BCUT2D eigenvalue weighted by Gasteiger charge is -2.05. The van der Waals surface area contributed by atoms with Gasteiger partial charge in [-0.15, -0.1) is 11.3 Å². The molecule has 5 heteroatoms. The first-order valence-electron chi connectivity index (χ1n) is 4.36. The second-order valence-electron chi connectivity index (χ2n) is 3.09. The molecular weight excluding hydrogens is 292 g/mol. The number of hydrogen-bond donors (Lipinski definition) is 1. The first-order valence-corrected chi connectivity index (χ1v) is 6.38. The number of rotatable bonds is 3. The van der Waals surface area contributed by atoms with Crippen LogP contribution in [0.1, 0.15) is 10.6 Å². The molecule has 2 aromatic rings. The Labute approximate surface area is 106 Å². The number of aromatic nitrogens is 1. The molecule has 2 rings (SSSR count). The highest BCUT2D eigenvalue weighted by Crippen LogP contribution is 2.23. The van der Waals surface area contributed by atoms with Crippen LogP contribution in [-0.2, 0) is 6.54 Å². The smallest absolute Gasteiger partial charge is 0.120 e. The zero-order valence-electron chi connectivity index (χ0n) is 7.81. The maximum atomic E-state index is 5.62. The molecule has 2 heterocycles. The van der Waals surface area contributed by atoms with Crippen molar-refractivity contribution in [3.63, 3.8) is 0 Å². The Kier molecular flexibility index (Phi) is 3.23. The van der Waals surface area contributed by atoms with Gasteiger partial charge in [-0.3, -0.25) is 0 Å². The Hall–Kier alpha value is -0.650. The van der Waals surface area contributed by atoms with E-state index >= 15 is 0 Å².